The van der Waals surface area contributed by atoms with E-state index in [-0.39, 0.29) is 0 Å². The van der Waals surface area contributed by atoms with Crippen LogP contribution in [0.15, 0.2) is 23.6 Å². The molecule has 0 bridgehead atoms. The molecule has 0 spiro atoms. The number of thiazole rings is 1. The van der Waals surface area contributed by atoms with Crippen molar-refractivity contribution in [2.24, 2.45) is 0 Å². The Labute approximate surface area is 110 Å². The maximum absolute atomic E-state index is 4.79. The molecule has 17 heavy (non-hydrogen) atoms. The van der Waals surface area contributed by atoms with E-state index in [9.17, 15) is 0 Å². The number of thioether (sulfide) groups is 1. The molecule has 1 aliphatic carbocycles. The van der Waals surface area contributed by atoms with E-state index in [0.717, 1.165) is 25.9 Å². The second-order valence-corrected chi connectivity index (χ2v) is 6.33. The molecule has 1 fully saturated rings. The lowest BCUT2D eigenvalue weighted by Gasteiger charge is -2.25. The van der Waals surface area contributed by atoms with Gasteiger partial charge >= 0.3 is 0 Å². The topological polar surface area (TPSA) is 16.1 Å². The summed E-state index contributed by atoms with van der Waals surface area (Å²) in [5.74, 6) is 2.47. The predicted octanol–water partition coefficient (Wildman–Crippen LogP) is 3.43. The summed E-state index contributed by atoms with van der Waals surface area (Å²) < 4.78 is 0. The highest BCUT2D eigenvalue weighted by atomic mass is 32.2. The summed E-state index contributed by atoms with van der Waals surface area (Å²) in [6.45, 7) is 2.30. The predicted molar refractivity (Wildman–Crippen MR) is 78.0 cm³/mol. The van der Waals surface area contributed by atoms with Crippen molar-refractivity contribution in [1.82, 2.24) is 4.98 Å². The molecule has 0 aromatic carbocycles. The molecule has 0 atom stereocenters. The Hall–Kier alpha value is -0.740. The Morgan fingerprint density at radius 2 is 2.12 bits per heavy atom. The van der Waals surface area contributed by atoms with Gasteiger partial charge < -0.3 is 4.90 Å². The number of nitrogens with zero attached hydrogens (tertiary/aromatic N) is 2. The average molecular weight is 264 g/mol. The van der Waals surface area contributed by atoms with Crippen molar-refractivity contribution in [2.75, 3.05) is 29.5 Å². The SMILES string of the molecule is C1=CCCC(c2csc(N3CCSCC3)n2)=C1. The van der Waals surface area contributed by atoms with Gasteiger partial charge in [0.15, 0.2) is 5.13 Å². The highest BCUT2D eigenvalue weighted by Crippen LogP contribution is 2.29. The van der Waals surface area contributed by atoms with Gasteiger partial charge in [0.05, 0.1) is 5.69 Å². The summed E-state index contributed by atoms with van der Waals surface area (Å²) in [6.07, 6.45) is 8.86. The smallest absolute Gasteiger partial charge is 0.185 e. The van der Waals surface area contributed by atoms with E-state index in [0.29, 0.717) is 0 Å². The monoisotopic (exact) mass is 264 g/mol. The number of anilines is 1. The maximum Gasteiger partial charge on any atom is 0.185 e. The van der Waals surface area contributed by atoms with Crippen LogP contribution in [0.2, 0.25) is 0 Å². The molecule has 0 saturated carbocycles. The summed E-state index contributed by atoms with van der Waals surface area (Å²) in [5, 5.41) is 3.41. The lowest BCUT2D eigenvalue weighted by atomic mass is 10.0. The molecule has 2 heterocycles. The summed E-state index contributed by atoms with van der Waals surface area (Å²) in [7, 11) is 0. The molecule has 4 heteroatoms. The molecule has 1 aromatic heterocycles. The number of aromatic nitrogens is 1. The summed E-state index contributed by atoms with van der Waals surface area (Å²) in [6, 6.07) is 0. The van der Waals surface area contributed by atoms with Gasteiger partial charge in [-0.05, 0) is 18.4 Å². The van der Waals surface area contributed by atoms with Crippen LogP contribution in [0, 0.1) is 0 Å². The zero-order chi connectivity index (χ0) is 11.5. The Morgan fingerprint density at radius 1 is 1.24 bits per heavy atom. The molecule has 2 aliphatic rings. The first-order valence-corrected chi connectivity index (χ1v) is 8.11. The quantitative estimate of drug-likeness (QED) is 0.814. The van der Waals surface area contributed by atoms with Crippen LogP contribution in [-0.4, -0.2) is 29.6 Å². The van der Waals surface area contributed by atoms with Gasteiger partial charge in [-0.1, -0.05) is 18.2 Å². The third-order valence-electron chi connectivity index (χ3n) is 3.12. The molecule has 0 radical (unpaired) electrons. The minimum atomic E-state index is 1.13. The molecule has 1 aliphatic heterocycles. The zero-order valence-electron chi connectivity index (χ0n) is 9.76. The van der Waals surface area contributed by atoms with Gasteiger partial charge in [-0.3, -0.25) is 0 Å². The summed E-state index contributed by atoms with van der Waals surface area (Å²) in [5.41, 5.74) is 2.58. The van der Waals surface area contributed by atoms with E-state index < -0.39 is 0 Å². The van der Waals surface area contributed by atoms with Gasteiger partial charge in [-0.2, -0.15) is 11.8 Å². The molecule has 0 unspecified atom stereocenters. The number of hydrogen-bond acceptors (Lipinski definition) is 4. The van der Waals surface area contributed by atoms with Crippen LogP contribution in [0.5, 0.6) is 0 Å². The zero-order valence-corrected chi connectivity index (χ0v) is 11.4. The summed E-state index contributed by atoms with van der Waals surface area (Å²) >= 11 is 3.83. The van der Waals surface area contributed by atoms with Gasteiger partial charge in [0, 0.05) is 30.0 Å². The van der Waals surface area contributed by atoms with Crippen molar-refractivity contribution >= 4 is 33.8 Å². The van der Waals surface area contributed by atoms with Crippen LogP contribution in [0.1, 0.15) is 18.5 Å². The third kappa shape index (κ3) is 2.58. The van der Waals surface area contributed by atoms with Gasteiger partial charge in [0.25, 0.3) is 0 Å². The fraction of sp³-hybridized carbons (Fsp3) is 0.462. The molecule has 1 aromatic rings. The van der Waals surface area contributed by atoms with Crippen molar-refractivity contribution in [2.45, 2.75) is 12.8 Å². The molecule has 3 rings (SSSR count). The standard InChI is InChI=1S/C13H16N2S2/c1-2-4-11(5-3-1)12-10-17-13(14-12)15-6-8-16-9-7-15/h1-2,4,10H,3,5-9H2. The molecule has 1 saturated heterocycles. The lowest BCUT2D eigenvalue weighted by molar-refractivity contribution is 0.851. The van der Waals surface area contributed by atoms with Crippen LogP contribution in [0.25, 0.3) is 5.57 Å². The Balaban J connectivity index is 1.77. The first kappa shape index (κ1) is 11.4. The Bertz CT molecular complexity index is 442. The normalized spacial score (nSPS) is 20.5. The molecule has 2 nitrogen and oxygen atoms in total. The van der Waals surface area contributed by atoms with Crippen LogP contribution < -0.4 is 4.90 Å². The van der Waals surface area contributed by atoms with Crippen LogP contribution in [-0.2, 0) is 0 Å². The van der Waals surface area contributed by atoms with E-state index in [1.807, 2.05) is 11.8 Å². The van der Waals surface area contributed by atoms with Crippen LogP contribution in [0.4, 0.5) is 5.13 Å². The molecule has 0 N–H and O–H groups in total. The van der Waals surface area contributed by atoms with E-state index >= 15 is 0 Å². The number of hydrogen-bond donors (Lipinski definition) is 0. The Morgan fingerprint density at radius 3 is 2.88 bits per heavy atom. The minimum Gasteiger partial charge on any atom is -0.346 e. The van der Waals surface area contributed by atoms with E-state index in [1.165, 1.54) is 27.9 Å². The van der Waals surface area contributed by atoms with Gasteiger partial charge in [0.2, 0.25) is 0 Å². The van der Waals surface area contributed by atoms with Crippen LogP contribution >= 0.6 is 23.1 Å². The first-order chi connectivity index (χ1) is 8.43. The highest BCUT2D eigenvalue weighted by molar-refractivity contribution is 7.99. The van der Waals surface area contributed by atoms with Crippen molar-refractivity contribution in [3.8, 4) is 0 Å². The van der Waals surface area contributed by atoms with Crippen molar-refractivity contribution in [3.63, 3.8) is 0 Å². The van der Waals surface area contributed by atoms with Crippen LogP contribution in [0.3, 0.4) is 0 Å². The molecular weight excluding hydrogens is 248 g/mol. The van der Waals surface area contributed by atoms with Crippen molar-refractivity contribution in [1.29, 1.82) is 0 Å². The minimum absolute atomic E-state index is 1.13. The van der Waals surface area contributed by atoms with E-state index in [1.54, 1.807) is 11.3 Å². The van der Waals surface area contributed by atoms with Gasteiger partial charge in [-0.25, -0.2) is 4.98 Å². The highest BCUT2D eigenvalue weighted by Gasteiger charge is 2.15. The maximum atomic E-state index is 4.79. The Kier molecular flexibility index (Phi) is 3.52. The molecule has 0 amide bonds. The number of allylic oxidation sites excluding steroid dienone is 4. The largest absolute Gasteiger partial charge is 0.346 e. The first-order valence-electron chi connectivity index (χ1n) is 6.08. The van der Waals surface area contributed by atoms with Crippen molar-refractivity contribution in [3.05, 3.63) is 29.3 Å². The lowest BCUT2D eigenvalue weighted by Crippen LogP contribution is -2.32. The second-order valence-electron chi connectivity index (χ2n) is 4.27. The average Bonchev–Trinajstić information content (AvgIpc) is 2.90. The van der Waals surface area contributed by atoms with Gasteiger partial charge in [-0.15, -0.1) is 11.3 Å². The molecular formula is C13H16N2S2. The summed E-state index contributed by atoms with van der Waals surface area (Å²) in [4.78, 5) is 7.21. The van der Waals surface area contributed by atoms with E-state index in [4.69, 9.17) is 4.98 Å². The third-order valence-corrected chi connectivity index (χ3v) is 4.96. The number of rotatable bonds is 2. The fourth-order valence-corrected chi connectivity index (χ4v) is 3.93. The van der Waals surface area contributed by atoms with Gasteiger partial charge in [0.1, 0.15) is 0 Å². The van der Waals surface area contributed by atoms with E-state index in [2.05, 4.69) is 28.5 Å². The fourth-order valence-electron chi connectivity index (χ4n) is 2.13. The second kappa shape index (κ2) is 5.27. The van der Waals surface area contributed by atoms with Crippen molar-refractivity contribution < 1.29 is 0 Å². The molecule has 90 valence electrons.